The van der Waals surface area contributed by atoms with E-state index in [0.29, 0.717) is 19.8 Å². The van der Waals surface area contributed by atoms with E-state index in [4.69, 9.17) is 4.74 Å². The number of aromatic nitrogens is 2. The number of fused-ring (bicyclic) bond motifs is 3. The summed E-state index contributed by atoms with van der Waals surface area (Å²) >= 11 is 0. The monoisotopic (exact) mass is 322 g/mol. The molecular formula is C15H22N4O4. The Kier molecular flexibility index (Phi) is 4.11. The van der Waals surface area contributed by atoms with Crippen molar-refractivity contribution < 1.29 is 9.53 Å². The summed E-state index contributed by atoms with van der Waals surface area (Å²) in [6.07, 6.45) is 0. The van der Waals surface area contributed by atoms with Crippen LogP contribution in [0, 0.1) is 5.92 Å². The summed E-state index contributed by atoms with van der Waals surface area (Å²) in [5.41, 5.74) is -0.831. The number of rotatable bonds is 1. The van der Waals surface area contributed by atoms with E-state index in [1.165, 1.54) is 24.7 Å². The van der Waals surface area contributed by atoms with Crippen molar-refractivity contribution >= 4 is 5.91 Å². The Labute approximate surface area is 133 Å². The minimum Gasteiger partial charge on any atom is -0.379 e. The van der Waals surface area contributed by atoms with Gasteiger partial charge in [0.2, 0.25) is 0 Å². The minimum atomic E-state index is -0.494. The van der Waals surface area contributed by atoms with E-state index in [1.807, 2.05) is 7.05 Å². The molecule has 1 aromatic heterocycles. The molecule has 2 saturated heterocycles. The summed E-state index contributed by atoms with van der Waals surface area (Å²) in [6, 6.07) is 1.17. The number of hydrogen-bond donors (Lipinski definition) is 0. The van der Waals surface area contributed by atoms with E-state index in [1.54, 1.807) is 4.90 Å². The molecule has 0 N–H and O–H groups in total. The van der Waals surface area contributed by atoms with Crippen molar-refractivity contribution in [2.45, 2.75) is 6.04 Å². The first-order chi connectivity index (χ1) is 10.9. The van der Waals surface area contributed by atoms with Crippen molar-refractivity contribution in [3.63, 3.8) is 0 Å². The smallest absolute Gasteiger partial charge is 0.331 e. The van der Waals surface area contributed by atoms with Gasteiger partial charge in [-0.25, -0.2) is 4.79 Å². The van der Waals surface area contributed by atoms with Crippen LogP contribution in [0.2, 0.25) is 0 Å². The van der Waals surface area contributed by atoms with Crippen molar-refractivity contribution in [1.29, 1.82) is 0 Å². The molecule has 23 heavy (non-hydrogen) atoms. The molecule has 3 rings (SSSR count). The van der Waals surface area contributed by atoms with Gasteiger partial charge in [-0.3, -0.25) is 18.7 Å². The zero-order valence-electron chi connectivity index (χ0n) is 13.7. The van der Waals surface area contributed by atoms with E-state index in [2.05, 4.69) is 4.90 Å². The van der Waals surface area contributed by atoms with Gasteiger partial charge in [0.1, 0.15) is 5.69 Å². The Morgan fingerprint density at radius 2 is 1.83 bits per heavy atom. The molecule has 8 nitrogen and oxygen atoms in total. The average Bonchev–Trinajstić information content (AvgIpc) is 2.78. The van der Waals surface area contributed by atoms with Crippen molar-refractivity contribution in [1.82, 2.24) is 18.9 Å². The molecule has 2 atom stereocenters. The molecule has 2 aliphatic heterocycles. The number of nitrogens with zero attached hydrogens (tertiary/aromatic N) is 4. The Morgan fingerprint density at radius 1 is 1.09 bits per heavy atom. The molecule has 0 spiro atoms. The third-order valence-electron chi connectivity index (χ3n) is 4.66. The second kappa shape index (κ2) is 5.93. The summed E-state index contributed by atoms with van der Waals surface area (Å²) in [5.74, 6) is -0.0434. The van der Waals surface area contributed by atoms with Gasteiger partial charge >= 0.3 is 5.69 Å². The second-order valence-corrected chi connectivity index (χ2v) is 6.50. The quantitative estimate of drug-likeness (QED) is 0.628. The molecule has 1 amide bonds. The predicted molar refractivity (Wildman–Crippen MR) is 83.6 cm³/mol. The Hall–Kier alpha value is -1.93. The largest absolute Gasteiger partial charge is 0.379 e. The first kappa shape index (κ1) is 15.9. The Balaban J connectivity index is 2.00. The third kappa shape index (κ3) is 2.84. The number of carbonyl (C=O) groups is 1. The molecule has 2 fully saturated rings. The lowest BCUT2D eigenvalue weighted by molar-refractivity contribution is 0.0477. The van der Waals surface area contributed by atoms with E-state index >= 15 is 0 Å². The molecule has 0 saturated carbocycles. The van der Waals surface area contributed by atoms with Gasteiger partial charge in [0.15, 0.2) is 0 Å². The van der Waals surface area contributed by atoms with Crippen LogP contribution < -0.4 is 11.2 Å². The minimum absolute atomic E-state index is 0.0702. The van der Waals surface area contributed by atoms with Crippen LogP contribution in [0.25, 0.3) is 0 Å². The molecule has 0 aromatic carbocycles. The molecule has 8 heteroatoms. The number of carbonyl (C=O) groups excluding carboxylic acids is 1. The Bertz CT molecular complexity index is 738. The number of likely N-dealkylation sites (N-methyl/N-ethyl adjacent to an activating group) is 1. The summed E-state index contributed by atoms with van der Waals surface area (Å²) in [4.78, 5) is 40.9. The van der Waals surface area contributed by atoms with Crippen LogP contribution in [-0.4, -0.2) is 70.8 Å². The van der Waals surface area contributed by atoms with E-state index in [9.17, 15) is 14.4 Å². The maximum Gasteiger partial charge on any atom is 0.331 e. The van der Waals surface area contributed by atoms with Crippen LogP contribution in [-0.2, 0) is 18.8 Å². The fourth-order valence-corrected chi connectivity index (χ4v) is 3.41. The van der Waals surface area contributed by atoms with Crippen LogP contribution in [0.5, 0.6) is 0 Å². The van der Waals surface area contributed by atoms with Gasteiger partial charge in [0.05, 0.1) is 19.3 Å². The molecular weight excluding hydrogens is 300 g/mol. The summed E-state index contributed by atoms with van der Waals surface area (Å²) in [7, 11) is 4.95. The maximum absolute atomic E-state index is 13.0. The van der Waals surface area contributed by atoms with E-state index < -0.39 is 11.2 Å². The van der Waals surface area contributed by atoms with E-state index in [-0.39, 0.29) is 23.6 Å². The highest BCUT2D eigenvalue weighted by molar-refractivity contribution is 5.92. The second-order valence-electron chi connectivity index (χ2n) is 6.50. The number of amides is 1. The fourth-order valence-electron chi connectivity index (χ4n) is 3.41. The molecule has 3 heterocycles. The van der Waals surface area contributed by atoms with Gasteiger partial charge in [-0.05, 0) is 7.05 Å². The molecule has 2 bridgehead atoms. The highest BCUT2D eigenvalue weighted by Crippen LogP contribution is 2.20. The van der Waals surface area contributed by atoms with E-state index in [0.717, 1.165) is 17.7 Å². The average molecular weight is 322 g/mol. The zero-order chi connectivity index (χ0) is 16.7. The lowest BCUT2D eigenvalue weighted by atomic mass is 10.1. The van der Waals surface area contributed by atoms with Gasteiger partial charge in [0, 0.05) is 45.7 Å². The molecule has 0 unspecified atom stereocenters. The highest BCUT2D eigenvalue weighted by Gasteiger charge is 2.36. The lowest BCUT2D eigenvalue weighted by Crippen LogP contribution is -2.48. The maximum atomic E-state index is 13.0. The first-order valence-corrected chi connectivity index (χ1v) is 7.72. The highest BCUT2D eigenvalue weighted by atomic mass is 16.5. The van der Waals surface area contributed by atoms with Gasteiger partial charge in [-0.15, -0.1) is 0 Å². The van der Waals surface area contributed by atoms with Crippen LogP contribution in [0.4, 0.5) is 0 Å². The molecule has 1 aromatic rings. The SMILES string of the molecule is CN1C[C@@H]2COC[C@H](C1)N(C(=O)c1cc(=O)n(C)c(=O)n1C)C2. The normalized spacial score (nSPS) is 25.3. The number of ether oxygens (including phenoxy) is 1. The van der Waals surface area contributed by atoms with Crippen LogP contribution in [0.3, 0.4) is 0 Å². The van der Waals surface area contributed by atoms with Gasteiger partial charge in [0.25, 0.3) is 11.5 Å². The summed E-state index contributed by atoms with van der Waals surface area (Å²) in [6.45, 7) is 3.28. The van der Waals surface area contributed by atoms with Gasteiger partial charge in [-0.1, -0.05) is 0 Å². The summed E-state index contributed by atoms with van der Waals surface area (Å²) < 4.78 is 7.90. The van der Waals surface area contributed by atoms with Crippen molar-refractivity contribution in [2.24, 2.45) is 20.0 Å². The molecule has 126 valence electrons. The van der Waals surface area contributed by atoms with Gasteiger partial charge in [-0.2, -0.15) is 0 Å². The fraction of sp³-hybridized carbons (Fsp3) is 0.667. The van der Waals surface area contributed by atoms with Crippen molar-refractivity contribution in [3.8, 4) is 0 Å². The molecule has 0 radical (unpaired) electrons. The van der Waals surface area contributed by atoms with Crippen molar-refractivity contribution in [2.75, 3.05) is 39.9 Å². The zero-order valence-corrected chi connectivity index (χ0v) is 13.7. The molecule has 2 aliphatic rings. The Morgan fingerprint density at radius 3 is 2.57 bits per heavy atom. The third-order valence-corrected chi connectivity index (χ3v) is 4.66. The van der Waals surface area contributed by atoms with Gasteiger partial charge < -0.3 is 14.5 Å². The topological polar surface area (TPSA) is 76.8 Å². The van der Waals surface area contributed by atoms with Crippen LogP contribution >= 0.6 is 0 Å². The van der Waals surface area contributed by atoms with Crippen LogP contribution in [0.15, 0.2) is 15.7 Å². The predicted octanol–water partition coefficient (Wildman–Crippen LogP) is -1.51. The first-order valence-electron chi connectivity index (χ1n) is 7.72. The lowest BCUT2D eigenvalue weighted by Gasteiger charge is -2.30. The van der Waals surface area contributed by atoms with Crippen molar-refractivity contribution in [3.05, 3.63) is 32.6 Å². The van der Waals surface area contributed by atoms with Crippen LogP contribution in [0.1, 0.15) is 10.5 Å². The molecule has 0 aliphatic carbocycles. The summed E-state index contributed by atoms with van der Waals surface area (Å²) in [5, 5.41) is 0. The standard InChI is InChI=1S/C15H22N4O4/c1-16-5-10-6-19(11(7-16)9-23-8-10)14(21)12-4-13(20)18(3)15(22)17(12)2/h4,10-11H,5-9H2,1-3H3/t10-,11-/m0/s1. The number of hydrogen-bond acceptors (Lipinski definition) is 5.